The number of hydrogen-bond acceptors (Lipinski definition) is 13. The lowest BCUT2D eigenvalue weighted by Crippen LogP contribution is -2.53. The fourth-order valence-electron chi connectivity index (χ4n) is 9.94. The van der Waals surface area contributed by atoms with Gasteiger partial charge in [0.15, 0.2) is 0 Å². The highest BCUT2D eigenvalue weighted by atomic mass is 79.9. The quantitative estimate of drug-likeness (QED) is 0.0928. The largest absolute Gasteiger partial charge is 0.494 e. The van der Waals surface area contributed by atoms with E-state index in [1.165, 1.54) is 27.9 Å². The molecule has 14 nitrogen and oxygen atoms in total. The number of hydrogen-bond donors (Lipinski definition) is 3. The molecule has 3 N–H and O–H groups in total. The van der Waals surface area contributed by atoms with E-state index in [1.54, 1.807) is 39.0 Å². The van der Waals surface area contributed by atoms with E-state index in [-0.39, 0.29) is 11.8 Å². The van der Waals surface area contributed by atoms with Crippen LogP contribution in [0.15, 0.2) is 65.5 Å². The van der Waals surface area contributed by atoms with Crippen molar-refractivity contribution in [3.8, 4) is 5.75 Å². The number of fused-ring (bicyclic) bond motifs is 2. The summed E-state index contributed by atoms with van der Waals surface area (Å²) in [4.78, 5) is 50.6. The summed E-state index contributed by atoms with van der Waals surface area (Å²) in [6, 6.07) is 15.3. The molecule has 3 aromatic carbocycles. The molecule has 2 aromatic heterocycles. The first-order valence-electron chi connectivity index (χ1n) is 21.6. The Balaban J connectivity index is 0.801. The van der Waals surface area contributed by atoms with Gasteiger partial charge in [0.1, 0.15) is 24.2 Å². The van der Waals surface area contributed by atoms with Gasteiger partial charge in [0.25, 0.3) is 0 Å². The number of carbonyl (C=O) groups excluding carboxylic acids is 2. The Kier molecular flexibility index (Phi) is 11.8. The fraction of sp³-hybridized carbons (Fsp3) is 0.435. The number of rotatable bonds is 12. The number of nitrogens with zero attached hydrogens (tertiary/aromatic N) is 7. The van der Waals surface area contributed by atoms with Crippen molar-refractivity contribution in [2.75, 3.05) is 81.8 Å². The summed E-state index contributed by atoms with van der Waals surface area (Å²) in [6.07, 6.45) is 10.7. The molecule has 3 saturated heterocycles. The van der Waals surface area contributed by atoms with Gasteiger partial charge in [-0.25, -0.2) is 4.98 Å². The van der Waals surface area contributed by atoms with Crippen LogP contribution >= 0.6 is 23.1 Å². The van der Waals surface area contributed by atoms with Crippen molar-refractivity contribution in [3.05, 3.63) is 87.8 Å². The van der Waals surface area contributed by atoms with Gasteiger partial charge in [-0.2, -0.15) is 4.98 Å². The molecule has 0 saturated carbocycles. The van der Waals surface area contributed by atoms with E-state index in [1.807, 2.05) is 12.1 Å². The van der Waals surface area contributed by atoms with Crippen molar-refractivity contribution >= 4 is 80.1 Å². The number of halogens is 1. The smallest absolute Gasteiger partial charge is 0.233 e. The SMILES string of the molecule is CCc1cc(Nc2ncc(Br)c(Nc3ccc4nccnc4c3P(C)(C)=O)n2)c(OC)cc1N1CCC(N2CCN(CCc3ccc4c(c3)CC3(CC(=O)NC3=O)C4)CC2)CC1. The van der Waals surface area contributed by atoms with E-state index < -0.39 is 12.6 Å². The predicted molar refractivity (Wildman–Crippen MR) is 248 cm³/mol. The van der Waals surface area contributed by atoms with Crippen molar-refractivity contribution in [3.63, 3.8) is 0 Å². The number of carbonyl (C=O) groups is 2. The lowest BCUT2D eigenvalue weighted by Gasteiger charge is -2.43. The number of aromatic nitrogens is 4. The van der Waals surface area contributed by atoms with Crippen molar-refractivity contribution in [1.29, 1.82) is 0 Å². The normalized spacial score (nSPS) is 19.9. The van der Waals surface area contributed by atoms with Gasteiger partial charge < -0.3 is 29.7 Å². The third-order valence-corrected chi connectivity index (χ3v) is 15.3. The third kappa shape index (κ3) is 8.56. The van der Waals surface area contributed by atoms with E-state index in [9.17, 15) is 14.2 Å². The van der Waals surface area contributed by atoms with Gasteiger partial charge in [0, 0.05) is 88.6 Å². The number of anilines is 5. The van der Waals surface area contributed by atoms with E-state index in [2.05, 4.69) is 98.8 Å². The minimum absolute atomic E-state index is 0.104. The Bertz CT molecular complexity index is 2590. The molecule has 9 rings (SSSR count). The van der Waals surface area contributed by atoms with Crippen LogP contribution in [0.3, 0.4) is 0 Å². The number of amides is 2. The van der Waals surface area contributed by atoms with Crippen LogP contribution in [0.25, 0.3) is 11.0 Å². The molecule has 3 aliphatic heterocycles. The lowest BCUT2D eigenvalue weighted by atomic mass is 9.83. The molecule has 3 fully saturated rings. The Morgan fingerprint density at radius 3 is 2.40 bits per heavy atom. The molecule has 5 heterocycles. The summed E-state index contributed by atoms with van der Waals surface area (Å²) in [5.74, 6) is 1.37. The van der Waals surface area contributed by atoms with Crippen LogP contribution in [-0.4, -0.2) is 114 Å². The highest BCUT2D eigenvalue weighted by Crippen LogP contribution is 2.44. The Hall–Kier alpha value is -4.95. The first kappa shape index (κ1) is 42.4. The second-order valence-electron chi connectivity index (χ2n) is 17.5. The van der Waals surface area contributed by atoms with Crippen LogP contribution < -0.4 is 30.9 Å². The highest BCUT2D eigenvalue weighted by Gasteiger charge is 2.50. The van der Waals surface area contributed by atoms with Crippen LogP contribution in [0.4, 0.5) is 28.8 Å². The number of piperazine rings is 1. The van der Waals surface area contributed by atoms with Crippen LogP contribution in [-0.2, 0) is 39.8 Å². The molecule has 4 aliphatic rings. The zero-order valence-electron chi connectivity index (χ0n) is 35.8. The second-order valence-corrected chi connectivity index (χ2v) is 21.6. The van der Waals surface area contributed by atoms with E-state index in [0.29, 0.717) is 69.3 Å². The van der Waals surface area contributed by atoms with Gasteiger partial charge in [-0.3, -0.25) is 29.8 Å². The summed E-state index contributed by atoms with van der Waals surface area (Å²) in [6.45, 7) is 13.0. The first-order chi connectivity index (χ1) is 29.9. The van der Waals surface area contributed by atoms with Gasteiger partial charge in [-0.15, -0.1) is 0 Å². The first-order valence-corrected chi connectivity index (χ1v) is 25.0. The predicted octanol–water partition coefficient (Wildman–Crippen LogP) is 6.45. The molecule has 0 bridgehead atoms. The maximum Gasteiger partial charge on any atom is 0.233 e. The van der Waals surface area contributed by atoms with Crippen molar-refractivity contribution < 1.29 is 18.9 Å². The maximum absolute atomic E-state index is 13.5. The molecule has 16 heteroatoms. The summed E-state index contributed by atoms with van der Waals surface area (Å²) < 4.78 is 20.1. The summed E-state index contributed by atoms with van der Waals surface area (Å²) in [7, 11) is -1.07. The number of ether oxygens (including phenoxy) is 1. The molecular weight excluding hydrogens is 867 g/mol. The number of aryl methyl sites for hydroxylation is 1. The minimum atomic E-state index is -2.77. The number of benzene rings is 3. The summed E-state index contributed by atoms with van der Waals surface area (Å²) >= 11 is 3.60. The van der Waals surface area contributed by atoms with Gasteiger partial charge in [0.2, 0.25) is 17.8 Å². The monoisotopic (exact) mass is 920 g/mol. The van der Waals surface area contributed by atoms with Crippen LogP contribution in [0.1, 0.15) is 48.4 Å². The average molecular weight is 922 g/mol. The van der Waals surface area contributed by atoms with Gasteiger partial charge in [-0.05, 0) is 108 Å². The molecular formula is C46H54BrN10O4P. The van der Waals surface area contributed by atoms with Crippen LogP contribution in [0.5, 0.6) is 5.75 Å². The summed E-state index contributed by atoms with van der Waals surface area (Å²) in [5, 5.41) is 9.94. The second kappa shape index (κ2) is 17.3. The molecule has 1 spiro atoms. The zero-order chi connectivity index (χ0) is 43.2. The van der Waals surface area contributed by atoms with Crippen molar-refractivity contribution in [1.82, 2.24) is 35.1 Å². The molecule has 62 heavy (non-hydrogen) atoms. The molecule has 1 atom stereocenters. The molecule has 2 amide bonds. The zero-order valence-corrected chi connectivity index (χ0v) is 38.3. The summed E-state index contributed by atoms with van der Waals surface area (Å²) in [5.41, 5.74) is 8.33. The molecule has 0 radical (unpaired) electrons. The molecule has 1 aliphatic carbocycles. The van der Waals surface area contributed by atoms with Crippen LogP contribution in [0.2, 0.25) is 0 Å². The van der Waals surface area contributed by atoms with Gasteiger partial charge in [-0.1, -0.05) is 25.1 Å². The molecule has 324 valence electrons. The Labute approximate surface area is 371 Å². The molecule has 5 aromatic rings. The number of methoxy groups -OCH3 is 1. The topological polar surface area (TPSA) is 158 Å². The molecule has 1 unspecified atom stereocenters. The van der Waals surface area contributed by atoms with E-state index in [4.69, 9.17) is 9.72 Å². The van der Waals surface area contributed by atoms with Crippen molar-refractivity contribution in [2.45, 2.75) is 57.9 Å². The number of imide groups is 1. The van der Waals surface area contributed by atoms with Gasteiger partial charge >= 0.3 is 0 Å². The van der Waals surface area contributed by atoms with Gasteiger partial charge in [0.05, 0.1) is 39.2 Å². The van der Waals surface area contributed by atoms with E-state index >= 15 is 0 Å². The van der Waals surface area contributed by atoms with Crippen molar-refractivity contribution in [2.24, 2.45) is 5.41 Å². The standard InChI is InChI=1S/C46H54BrN10O4P/c1-5-30-23-37(52-45-50-28-34(47)43(54-45)51-36-9-8-35-41(49-14-13-48-35)42(36)62(3,4)60)39(61-2)24-38(30)57-16-11-33(12-17-57)56-20-18-55(19-21-56)15-10-29-6-7-31-25-46(26-32(31)22-29)27-40(58)53-44(46)59/h6-9,13-14,22-24,28,33H,5,10-12,15-21,25-27H2,1-4H3,(H,53,58,59)(H2,50,51,52,54). The highest BCUT2D eigenvalue weighted by molar-refractivity contribution is 9.10. The fourth-order valence-corrected chi connectivity index (χ4v) is 11.6. The van der Waals surface area contributed by atoms with Crippen LogP contribution in [0, 0.1) is 5.41 Å². The Morgan fingerprint density at radius 1 is 0.903 bits per heavy atom. The van der Waals surface area contributed by atoms with E-state index in [0.717, 1.165) is 77.2 Å². The number of piperidine rings is 1. The average Bonchev–Trinajstić information content (AvgIpc) is 3.78. The maximum atomic E-state index is 13.5. The Morgan fingerprint density at radius 2 is 1.68 bits per heavy atom. The third-order valence-electron chi connectivity index (χ3n) is 13.2. The number of nitrogens with one attached hydrogen (secondary N) is 3. The minimum Gasteiger partial charge on any atom is -0.494 e. The lowest BCUT2D eigenvalue weighted by molar-refractivity contribution is -0.128.